The van der Waals surface area contributed by atoms with Crippen molar-refractivity contribution in [3.63, 3.8) is 0 Å². The Bertz CT molecular complexity index is 712. The fourth-order valence-corrected chi connectivity index (χ4v) is 3.20. The van der Waals surface area contributed by atoms with Gasteiger partial charge in [-0.2, -0.15) is 0 Å². The molecule has 4 heteroatoms. The molecule has 1 saturated carbocycles. The second-order valence-electron chi connectivity index (χ2n) is 6.29. The third-order valence-corrected chi connectivity index (χ3v) is 4.55. The molecule has 2 N–H and O–H groups in total. The van der Waals surface area contributed by atoms with E-state index >= 15 is 0 Å². The summed E-state index contributed by atoms with van der Waals surface area (Å²) in [7, 11) is 0. The zero-order valence-corrected chi connectivity index (χ0v) is 13.1. The molecule has 116 valence electrons. The van der Waals surface area contributed by atoms with Crippen LogP contribution in [0, 0.1) is 19.8 Å². The lowest BCUT2D eigenvalue weighted by Gasteiger charge is -2.15. The van der Waals surface area contributed by atoms with Crippen molar-refractivity contribution < 1.29 is 9.90 Å². The molecule has 4 nitrogen and oxygen atoms in total. The predicted molar refractivity (Wildman–Crippen MR) is 86.9 cm³/mol. The molecular weight excluding hydrogens is 276 g/mol. The molecule has 1 aromatic heterocycles. The molecule has 2 atom stereocenters. The minimum Gasteiger partial charge on any atom is -0.393 e. The van der Waals surface area contributed by atoms with Gasteiger partial charge in [0.1, 0.15) is 0 Å². The number of amides is 1. The molecule has 2 aromatic rings. The van der Waals surface area contributed by atoms with E-state index in [4.69, 9.17) is 0 Å². The van der Waals surface area contributed by atoms with Crippen LogP contribution in [0.15, 0.2) is 24.3 Å². The minimum atomic E-state index is -0.279. The van der Waals surface area contributed by atoms with Gasteiger partial charge in [0.25, 0.3) is 5.91 Å². The number of nitrogens with zero attached hydrogens (tertiary/aromatic N) is 1. The van der Waals surface area contributed by atoms with Gasteiger partial charge >= 0.3 is 0 Å². The van der Waals surface area contributed by atoms with Crippen LogP contribution in [0.3, 0.4) is 0 Å². The van der Waals surface area contributed by atoms with E-state index in [-0.39, 0.29) is 17.9 Å². The fourth-order valence-electron chi connectivity index (χ4n) is 3.20. The number of fused-ring (bicyclic) bond motifs is 1. The largest absolute Gasteiger partial charge is 0.393 e. The van der Waals surface area contributed by atoms with Gasteiger partial charge in [-0.25, -0.2) is 0 Å². The second-order valence-corrected chi connectivity index (χ2v) is 6.29. The van der Waals surface area contributed by atoms with Crippen molar-refractivity contribution in [2.75, 3.05) is 6.54 Å². The molecule has 0 spiro atoms. The van der Waals surface area contributed by atoms with Crippen molar-refractivity contribution in [3.8, 4) is 0 Å². The third-order valence-electron chi connectivity index (χ3n) is 4.55. The molecule has 1 aliphatic rings. The summed E-state index contributed by atoms with van der Waals surface area (Å²) < 4.78 is 0. The van der Waals surface area contributed by atoms with Crippen molar-refractivity contribution in [1.29, 1.82) is 0 Å². The maximum atomic E-state index is 12.4. The number of carbonyl (C=O) groups excluding carboxylic acids is 1. The van der Waals surface area contributed by atoms with Crippen LogP contribution in [-0.4, -0.2) is 28.6 Å². The molecule has 1 amide bonds. The van der Waals surface area contributed by atoms with Crippen molar-refractivity contribution in [1.82, 2.24) is 10.3 Å². The van der Waals surface area contributed by atoms with E-state index in [9.17, 15) is 9.90 Å². The average Bonchev–Trinajstić information content (AvgIpc) is 2.90. The van der Waals surface area contributed by atoms with E-state index in [1.807, 2.05) is 38.1 Å². The van der Waals surface area contributed by atoms with Crippen molar-refractivity contribution in [3.05, 3.63) is 41.1 Å². The smallest absolute Gasteiger partial charge is 0.253 e. The molecule has 1 heterocycles. The van der Waals surface area contributed by atoms with E-state index in [0.717, 1.165) is 41.4 Å². The Morgan fingerprint density at radius 3 is 2.86 bits per heavy atom. The monoisotopic (exact) mass is 298 g/mol. The number of nitrogens with one attached hydrogen (secondary N) is 1. The molecule has 0 bridgehead atoms. The highest BCUT2D eigenvalue weighted by atomic mass is 16.3. The Morgan fingerprint density at radius 1 is 1.32 bits per heavy atom. The van der Waals surface area contributed by atoms with Gasteiger partial charge in [-0.3, -0.25) is 9.78 Å². The Hall–Kier alpha value is -1.94. The Morgan fingerprint density at radius 2 is 2.14 bits per heavy atom. The molecule has 1 aromatic carbocycles. The third kappa shape index (κ3) is 2.97. The summed E-state index contributed by atoms with van der Waals surface area (Å²) in [4.78, 5) is 16.9. The molecule has 22 heavy (non-hydrogen) atoms. The highest BCUT2D eigenvalue weighted by Gasteiger charge is 2.25. The van der Waals surface area contributed by atoms with Gasteiger partial charge in [-0.15, -0.1) is 0 Å². The van der Waals surface area contributed by atoms with E-state index in [0.29, 0.717) is 12.1 Å². The number of aliphatic hydroxyl groups is 1. The van der Waals surface area contributed by atoms with Crippen molar-refractivity contribution in [2.45, 2.75) is 39.2 Å². The number of aromatic nitrogens is 1. The van der Waals surface area contributed by atoms with E-state index in [1.165, 1.54) is 0 Å². The number of hydrogen-bond donors (Lipinski definition) is 2. The number of carbonyl (C=O) groups is 1. The summed E-state index contributed by atoms with van der Waals surface area (Å²) >= 11 is 0. The highest BCUT2D eigenvalue weighted by Crippen LogP contribution is 2.25. The van der Waals surface area contributed by atoms with Crippen LogP contribution in [-0.2, 0) is 0 Å². The molecule has 0 saturated heterocycles. The fraction of sp³-hybridized carbons (Fsp3) is 0.444. The summed E-state index contributed by atoms with van der Waals surface area (Å²) in [5.41, 5.74) is 3.41. The molecule has 0 aliphatic heterocycles. The lowest BCUT2D eigenvalue weighted by molar-refractivity contribution is 0.0916. The Kier molecular flexibility index (Phi) is 4.12. The lowest BCUT2D eigenvalue weighted by atomic mass is 10.0. The maximum absolute atomic E-state index is 12.4. The van der Waals surface area contributed by atoms with Crippen LogP contribution < -0.4 is 5.32 Å². The lowest BCUT2D eigenvalue weighted by Crippen LogP contribution is -2.32. The van der Waals surface area contributed by atoms with Crippen molar-refractivity contribution in [2.24, 2.45) is 5.92 Å². The van der Waals surface area contributed by atoms with Crippen LogP contribution in [0.4, 0.5) is 0 Å². The number of aliphatic hydroxyl groups excluding tert-OH is 1. The summed E-state index contributed by atoms with van der Waals surface area (Å²) in [6.07, 6.45) is 2.59. The minimum absolute atomic E-state index is 0.104. The van der Waals surface area contributed by atoms with Crippen LogP contribution in [0.25, 0.3) is 10.9 Å². The molecule has 3 rings (SSSR count). The second kappa shape index (κ2) is 6.05. The quantitative estimate of drug-likeness (QED) is 0.916. The van der Waals surface area contributed by atoms with Gasteiger partial charge in [-0.1, -0.05) is 18.1 Å². The summed E-state index contributed by atoms with van der Waals surface area (Å²) in [5.74, 6) is 0.0763. The van der Waals surface area contributed by atoms with Gasteiger partial charge in [0.15, 0.2) is 0 Å². The normalized spacial score (nSPS) is 21.2. The van der Waals surface area contributed by atoms with Crippen LogP contribution in [0.5, 0.6) is 0 Å². The average molecular weight is 298 g/mol. The van der Waals surface area contributed by atoms with E-state index in [2.05, 4.69) is 10.3 Å². The van der Waals surface area contributed by atoms with Crippen LogP contribution in [0.2, 0.25) is 0 Å². The zero-order valence-electron chi connectivity index (χ0n) is 13.1. The van der Waals surface area contributed by atoms with Gasteiger partial charge in [0, 0.05) is 17.8 Å². The van der Waals surface area contributed by atoms with E-state index in [1.54, 1.807) is 0 Å². The topological polar surface area (TPSA) is 62.2 Å². The predicted octanol–water partition coefficient (Wildman–Crippen LogP) is 2.74. The first kappa shape index (κ1) is 15.0. The summed E-state index contributed by atoms with van der Waals surface area (Å²) in [5, 5.41) is 13.8. The van der Waals surface area contributed by atoms with Gasteiger partial charge in [-0.05, 0) is 44.9 Å². The first-order valence-electron chi connectivity index (χ1n) is 7.89. The molecule has 1 aliphatic carbocycles. The van der Waals surface area contributed by atoms with Gasteiger partial charge < -0.3 is 10.4 Å². The van der Waals surface area contributed by atoms with Crippen LogP contribution >= 0.6 is 0 Å². The molecule has 0 radical (unpaired) electrons. The SMILES string of the molecule is Cc1ccc2nc(C)c(C(=O)NCC3CCCC3O)cc2c1. The first-order chi connectivity index (χ1) is 10.5. The first-order valence-corrected chi connectivity index (χ1v) is 7.89. The zero-order chi connectivity index (χ0) is 15.7. The molecular formula is C18H22N2O2. The summed E-state index contributed by atoms with van der Waals surface area (Å²) in [6, 6.07) is 7.95. The van der Waals surface area contributed by atoms with Gasteiger partial charge in [0.05, 0.1) is 22.9 Å². The Labute approximate surface area is 130 Å². The van der Waals surface area contributed by atoms with Crippen LogP contribution in [0.1, 0.15) is 40.9 Å². The number of pyridine rings is 1. The Balaban J connectivity index is 1.79. The van der Waals surface area contributed by atoms with E-state index < -0.39 is 0 Å². The van der Waals surface area contributed by atoms with Crippen molar-refractivity contribution >= 4 is 16.8 Å². The standard InChI is InChI=1S/C18H22N2O2/c1-11-6-7-16-14(8-11)9-15(12(2)20-16)18(22)19-10-13-4-3-5-17(13)21/h6-9,13,17,21H,3-5,10H2,1-2H3,(H,19,22). The highest BCUT2D eigenvalue weighted by molar-refractivity contribution is 5.98. The number of benzene rings is 1. The number of rotatable bonds is 3. The van der Waals surface area contributed by atoms with Gasteiger partial charge in [0.2, 0.25) is 0 Å². The number of aryl methyl sites for hydroxylation is 2. The number of hydrogen-bond acceptors (Lipinski definition) is 3. The summed E-state index contributed by atoms with van der Waals surface area (Å²) in [6.45, 7) is 4.42. The molecule has 1 fully saturated rings. The molecule has 2 unspecified atom stereocenters. The maximum Gasteiger partial charge on any atom is 0.253 e.